The molecule has 0 aromatic carbocycles. The van der Waals surface area contributed by atoms with Gasteiger partial charge in [0.1, 0.15) is 5.56 Å². The minimum atomic E-state index is -0.492. The highest BCUT2D eigenvalue weighted by Crippen LogP contribution is 2.13. The first-order valence-electron chi connectivity index (χ1n) is 8.27. The SMILES string of the molecule is COc1ccc(NC(=O)c2c(C)ccn(Cc3cnc(C)cn3)c2=O)cn1. The second kappa shape index (κ2) is 7.77. The highest BCUT2D eigenvalue weighted by atomic mass is 16.5. The molecular formula is C19H19N5O3. The van der Waals surface area contributed by atoms with E-state index in [4.69, 9.17) is 4.74 Å². The van der Waals surface area contributed by atoms with Crippen LogP contribution in [0.25, 0.3) is 0 Å². The number of methoxy groups -OCH3 is 1. The zero-order valence-corrected chi connectivity index (χ0v) is 15.3. The molecule has 0 spiro atoms. The van der Waals surface area contributed by atoms with Gasteiger partial charge in [-0.15, -0.1) is 0 Å². The number of aromatic nitrogens is 4. The fourth-order valence-corrected chi connectivity index (χ4v) is 2.51. The Morgan fingerprint density at radius 2 is 1.93 bits per heavy atom. The molecule has 0 unspecified atom stereocenters. The number of hydrogen-bond acceptors (Lipinski definition) is 6. The van der Waals surface area contributed by atoms with E-state index in [-0.39, 0.29) is 12.1 Å². The quantitative estimate of drug-likeness (QED) is 0.742. The van der Waals surface area contributed by atoms with Crippen molar-refractivity contribution in [3.05, 3.63) is 75.9 Å². The molecule has 0 saturated carbocycles. The zero-order valence-electron chi connectivity index (χ0n) is 15.3. The van der Waals surface area contributed by atoms with Gasteiger partial charge in [-0.1, -0.05) is 0 Å². The van der Waals surface area contributed by atoms with Gasteiger partial charge in [-0.25, -0.2) is 4.98 Å². The number of anilines is 1. The summed E-state index contributed by atoms with van der Waals surface area (Å²) in [6.07, 6.45) is 6.36. The third-order valence-electron chi connectivity index (χ3n) is 3.97. The van der Waals surface area contributed by atoms with Crippen LogP contribution in [0.15, 0.2) is 47.8 Å². The molecule has 3 rings (SSSR count). The van der Waals surface area contributed by atoms with Crippen LogP contribution in [0.3, 0.4) is 0 Å². The van der Waals surface area contributed by atoms with E-state index in [0.29, 0.717) is 22.8 Å². The molecule has 3 aromatic heterocycles. The summed E-state index contributed by atoms with van der Waals surface area (Å²) in [6.45, 7) is 3.79. The predicted octanol–water partition coefficient (Wildman–Crippen LogP) is 1.96. The third kappa shape index (κ3) is 4.17. The molecule has 0 fully saturated rings. The summed E-state index contributed by atoms with van der Waals surface area (Å²) >= 11 is 0. The Morgan fingerprint density at radius 1 is 1.11 bits per heavy atom. The number of nitrogens with one attached hydrogen (secondary N) is 1. The number of carbonyl (C=O) groups excluding carboxylic acids is 1. The molecule has 0 bridgehead atoms. The maximum Gasteiger partial charge on any atom is 0.264 e. The number of nitrogens with zero attached hydrogens (tertiary/aromatic N) is 4. The first kappa shape index (κ1) is 18.2. The van der Waals surface area contributed by atoms with E-state index in [1.54, 1.807) is 43.7 Å². The smallest absolute Gasteiger partial charge is 0.264 e. The molecule has 3 aromatic rings. The molecule has 0 atom stereocenters. The molecule has 27 heavy (non-hydrogen) atoms. The molecule has 8 nitrogen and oxygen atoms in total. The lowest BCUT2D eigenvalue weighted by Crippen LogP contribution is -2.30. The van der Waals surface area contributed by atoms with Crippen LogP contribution in [0.4, 0.5) is 5.69 Å². The van der Waals surface area contributed by atoms with Crippen molar-refractivity contribution in [2.75, 3.05) is 12.4 Å². The largest absolute Gasteiger partial charge is 0.481 e. The topological polar surface area (TPSA) is 99.0 Å². The second-order valence-corrected chi connectivity index (χ2v) is 6.00. The van der Waals surface area contributed by atoms with Gasteiger partial charge in [-0.2, -0.15) is 0 Å². The fraction of sp³-hybridized carbons (Fsp3) is 0.211. The van der Waals surface area contributed by atoms with E-state index < -0.39 is 11.5 Å². The number of aryl methyl sites for hydroxylation is 2. The molecule has 138 valence electrons. The summed E-state index contributed by atoms with van der Waals surface area (Å²) in [6, 6.07) is 5.01. The Labute approximate surface area is 155 Å². The Morgan fingerprint density at radius 3 is 2.56 bits per heavy atom. The summed E-state index contributed by atoms with van der Waals surface area (Å²) in [5.74, 6) is -0.0562. The Hall–Kier alpha value is -3.55. The number of ether oxygens (including phenoxy) is 1. The summed E-state index contributed by atoms with van der Waals surface area (Å²) in [7, 11) is 1.51. The summed E-state index contributed by atoms with van der Waals surface area (Å²) in [5, 5.41) is 2.69. The van der Waals surface area contributed by atoms with Crippen LogP contribution in [0.1, 0.15) is 27.3 Å². The molecular weight excluding hydrogens is 346 g/mol. The molecule has 3 heterocycles. The number of rotatable bonds is 5. The summed E-state index contributed by atoms with van der Waals surface area (Å²) < 4.78 is 6.43. The predicted molar refractivity (Wildman–Crippen MR) is 100 cm³/mol. The standard InChI is InChI=1S/C19H19N5O3/c1-12-6-7-24(11-15-10-20-13(2)8-21-15)19(26)17(12)18(25)23-14-4-5-16(27-3)22-9-14/h4-10H,11H2,1-3H3,(H,23,25). The van der Waals surface area contributed by atoms with Crippen LogP contribution in [-0.2, 0) is 6.54 Å². The Kier molecular flexibility index (Phi) is 5.25. The van der Waals surface area contributed by atoms with Gasteiger partial charge in [0.15, 0.2) is 0 Å². The van der Waals surface area contributed by atoms with Crippen LogP contribution >= 0.6 is 0 Å². The van der Waals surface area contributed by atoms with Crippen LogP contribution < -0.4 is 15.6 Å². The molecule has 1 amide bonds. The number of amides is 1. The molecule has 0 aliphatic carbocycles. The van der Waals surface area contributed by atoms with Crippen molar-refractivity contribution in [3.8, 4) is 5.88 Å². The molecule has 8 heteroatoms. The minimum absolute atomic E-state index is 0.0772. The fourth-order valence-electron chi connectivity index (χ4n) is 2.51. The van der Waals surface area contributed by atoms with E-state index in [9.17, 15) is 9.59 Å². The van der Waals surface area contributed by atoms with Gasteiger partial charge in [0, 0.05) is 18.5 Å². The Balaban J connectivity index is 1.86. The summed E-state index contributed by atoms with van der Waals surface area (Å²) in [5.41, 5.74) is 2.18. The molecule has 0 radical (unpaired) electrons. The van der Waals surface area contributed by atoms with Gasteiger partial charge in [-0.05, 0) is 31.5 Å². The van der Waals surface area contributed by atoms with E-state index in [0.717, 1.165) is 5.69 Å². The Bertz CT molecular complexity index is 1010. The van der Waals surface area contributed by atoms with Crippen LogP contribution in [-0.4, -0.2) is 32.5 Å². The van der Waals surface area contributed by atoms with Crippen molar-refractivity contribution in [2.45, 2.75) is 20.4 Å². The van der Waals surface area contributed by atoms with Crippen molar-refractivity contribution in [1.29, 1.82) is 0 Å². The van der Waals surface area contributed by atoms with Gasteiger partial charge in [0.25, 0.3) is 11.5 Å². The summed E-state index contributed by atoms with van der Waals surface area (Å²) in [4.78, 5) is 37.9. The molecule has 0 aliphatic heterocycles. The normalized spacial score (nSPS) is 10.5. The van der Waals surface area contributed by atoms with Gasteiger partial charge < -0.3 is 14.6 Å². The van der Waals surface area contributed by atoms with E-state index in [1.165, 1.54) is 17.9 Å². The number of hydrogen-bond donors (Lipinski definition) is 1. The van der Waals surface area contributed by atoms with Crippen molar-refractivity contribution in [2.24, 2.45) is 0 Å². The maximum atomic E-state index is 12.8. The second-order valence-electron chi connectivity index (χ2n) is 6.00. The van der Waals surface area contributed by atoms with Gasteiger partial charge >= 0.3 is 0 Å². The first-order chi connectivity index (χ1) is 13.0. The van der Waals surface area contributed by atoms with Crippen molar-refractivity contribution < 1.29 is 9.53 Å². The lowest BCUT2D eigenvalue weighted by Gasteiger charge is -2.11. The van der Waals surface area contributed by atoms with E-state index in [2.05, 4.69) is 20.3 Å². The minimum Gasteiger partial charge on any atom is -0.481 e. The highest BCUT2D eigenvalue weighted by molar-refractivity contribution is 6.04. The lowest BCUT2D eigenvalue weighted by atomic mass is 10.1. The maximum absolute atomic E-state index is 12.8. The number of carbonyl (C=O) groups is 1. The van der Waals surface area contributed by atoms with Crippen molar-refractivity contribution >= 4 is 11.6 Å². The van der Waals surface area contributed by atoms with E-state index >= 15 is 0 Å². The monoisotopic (exact) mass is 365 g/mol. The van der Waals surface area contributed by atoms with Crippen molar-refractivity contribution in [3.63, 3.8) is 0 Å². The molecule has 1 N–H and O–H groups in total. The highest BCUT2D eigenvalue weighted by Gasteiger charge is 2.16. The third-order valence-corrected chi connectivity index (χ3v) is 3.97. The van der Waals surface area contributed by atoms with E-state index in [1.807, 2.05) is 6.92 Å². The van der Waals surface area contributed by atoms with Gasteiger partial charge in [0.2, 0.25) is 5.88 Å². The molecule has 0 aliphatic rings. The van der Waals surface area contributed by atoms with Crippen LogP contribution in [0.2, 0.25) is 0 Å². The molecule has 0 saturated heterocycles. The van der Waals surface area contributed by atoms with Crippen molar-refractivity contribution in [1.82, 2.24) is 19.5 Å². The lowest BCUT2D eigenvalue weighted by molar-refractivity contribution is 0.102. The zero-order chi connectivity index (χ0) is 19.4. The average molecular weight is 365 g/mol. The van der Waals surface area contributed by atoms with Crippen LogP contribution in [0, 0.1) is 13.8 Å². The number of pyridine rings is 2. The first-order valence-corrected chi connectivity index (χ1v) is 8.27. The van der Waals surface area contributed by atoms with Gasteiger partial charge in [-0.3, -0.25) is 19.6 Å². The van der Waals surface area contributed by atoms with Gasteiger partial charge in [0.05, 0.1) is 43.1 Å². The average Bonchev–Trinajstić information content (AvgIpc) is 2.66. The van der Waals surface area contributed by atoms with Crippen LogP contribution in [0.5, 0.6) is 5.88 Å².